The summed E-state index contributed by atoms with van der Waals surface area (Å²) in [5.41, 5.74) is 0. The lowest BCUT2D eigenvalue weighted by molar-refractivity contribution is -0.145. The Bertz CT molecular complexity index is 252. The predicted octanol–water partition coefficient (Wildman–Crippen LogP) is 0.568. The van der Waals surface area contributed by atoms with Crippen molar-refractivity contribution in [3.63, 3.8) is 0 Å². The molecule has 0 bridgehead atoms. The van der Waals surface area contributed by atoms with E-state index in [0.29, 0.717) is 19.4 Å². The average molecular weight is 228 g/mol. The highest BCUT2D eigenvalue weighted by Crippen LogP contribution is 2.00. The van der Waals surface area contributed by atoms with Gasteiger partial charge in [0, 0.05) is 6.92 Å². The number of carbonyl (C=O) groups excluding carboxylic acids is 2. The number of allylic oxidation sites excluding steroid dienone is 1. The second-order valence-electron chi connectivity index (χ2n) is 3.27. The van der Waals surface area contributed by atoms with Crippen molar-refractivity contribution < 1.29 is 14.3 Å². The number of hydrogen-bond acceptors (Lipinski definition) is 4. The molecule has 1 amide bonds. The smallest absolute Gasteiger partial charge is 0.323 e. The van der Waals surface area contributed by atoms with Crippen LogP contribution in [0.5, 0.6) is 0 Å². The Morgan fingerprint density at radius 3 is 2.62 bits per heavy atom. The third kappa shape index (κ3) is 7.00. The first-order valence-corrected chi connectivity index (χ1v) is 5.37. The fourth-order valence-corrected chi connectivity index (χ4v) is 1.15. The van der Waals surface area contributed by atoms with Crippen LogP contribution >= 0.6 is 0 Å². The molecule has 0 aromatic rings. The number of ether oxygens (including phenoxy) is 1. The van der Waals surface area contributed by atoms with E-state index in [1.807, 2.05) is 6.08 Å². The van der Waals surface area contributed by atoms with Crippen molar-refractivity contribution >= 4 is 11.9 Å². The van der Waals surface area contributed by atoms with Crippen molar-refractivity contribution in [2.75, 3.05) is 13.7 Å². The second kappa shape index (κ2) is 8.91. The van der Waals surface area contributed by atoms with Crippen LogP contribution in [0, 0.1) is 0 Å². The van der Waals surface area contributed by atoms with Crippen molar-refractivity contribution in [2.45, 2.75) is 32.7 Å². The Morgan fingerprint density at radius 2 is 2.12 bits per heavy atom. The Balaban J connectivity index is 3.82. The minimum absolute atomic E-state index is 0.105. The molecule has 0 saturated heterocycles. The van der Waals surface area contributed by atoms with Gasteiger partial charge in [0.1, 0.15) is 6.04 Å². The molecule has 0 radical (unpaired) electrons. The number of nitrogens with one attached hydrogen (secondary N) is 2. The summed E-state index contributed by atoms with van der Waals surface area (Å²) in [5, 5.41) is 5.43. The van der Waals surface area contributed by atoms with Crippen LogP contribution in [-0.2, 0) is 14.3 Å². The van der Waals surface area contributed by atoms with Gasteiger partial charge in [-0.05, 0) is 33.0 Å². The third-order valence-electron chi connectivity index (χ3n) is 1.95. The quantitative estimate of drug-likeness (QED) is 0.625. The van der Waals surface area contributed by atoms with Crippen LogP contribution in [0.1, 0.15) is 26.7 Å². The molecule has 0 unspecified atom stereocenters. The van der Waals surface area contributed by atoms with Gasteiger partial charge in [0.15, 0.2) is 0 Å². The number of likely N-dealkylation sites (N-methyl/N-ethyl adjacent to an activating group) is 1. The zero-order valence-corrected chi connectivity index (χ0v) is 10.1. The first-order chi connectivity index (χ1) is 7.61. The van der Waals surface area contributed by atoms with Gasteiger partial charge >= 0.3 is 5.97 Å². The summed E-state index contributed by atoms with van der Waals surface area (Å²) in [5.74, 6) is -0.343. The standard InChI is InChI=1S/C11H20N2O3/c1-4-16-11(15)10(12-3)7-5-6-8-13-9(2)14/h6,8,10,12H,4-5,7H2,1-3H3,(H,13,14)/b8-6+/t10-/m1/s1. The number of hydrogen-bond donors (Lipinski definition) is 2. The SMILES string of the molecule is CCOC(=O)[C@@H](CC/C=C/NC(C)=O)NC. The third-order valence-corrected chi connectivity index (χ3v) is 1.95. The molecule has 0 aliphatic heterocycles. The summed E-state index contributed by atoms with van der Waals surface area (Å²) in [7, 11) is 1.72. The average Bonchev–Trinajstić information content (AvgIpc) is 2.23. The van der Waals surface area contributed by atoms with Crippen LogP contribution in [-0.4, -0.2) is 31.6 Å². The fourth-order valence-electron chi connectivity index (χ4n) is 1.15. The van der Waals surface area contributed by atoms with Gasteiger partial charge in [-0.1, -0.05) is 6.08 Å². The van der Waals surface area contributed by atoms with E-state index >= 15 is 0 Å². The maximum absolute atomic E-state index is 11.4. The molecular formula is C11H20N2O3. The van der Waals surface area contributed by atoms with E-state index in [4.69, 9.17) is 4.74 Å². The molecule has 0 aromatic carbocycles. The monoisotopic (exact) mass is 228 g/mol. The number of amides is 1. The first kappa shape index (κ1) is 14.6. The largest absolute Gasteiger partial charge is 0.465 e. The van der Waals surface area contributed by atoms with Crippen molar-refractivity contribution in [3.05, 3.63) is 12.3 Å². The van der Waals surface area contributed by atoms with Crippen LogP contribution in [0.25, 0.3) is 0 Å². The van der Waals surface area contributed by atoms with Crippen molar-refractivity contribution in [3.8, 4) is 0 Å². The Hall–Kier alpha value is -1.36. The van der Waals surface area contributed by atoms with E-state index in [1.54, 1.807) is 20.2 Å². The van der Waals surface area contributed by atoms with Crippen LogP contribution in [0.4, 0.5) is 0 Å². The molecule has 0 fully saturated rings. The molecule has 92 valence electrons. The molecule has 0 saturated carbocycles. The Kier molecular flexibility index (Phi) is 8.15. The fraction of sp³-hybridized carbons (Fsp3) is 0.636. The maximum atomic E-state index is 11.4. The summed E-state index contributed by atoms with van der Waals surface area (Å²) in [6, 6.07) is -0.290. The molecule has 2 N–H and O–H groups in total. The highest BCUT2D eigenvalue weighted by molar-refractivity contribution is 5.75. The van der Waals surface area contributed by atoms with E-state index in [-0.39, 0.29) is 17.9 Å². The van der Waals surface area contributed by atoms with Crippen molar-refractivity contribution in [2.24, 2.45) is 0 Å². The molecule has 0 heterocycles. The van der Waals surface area contributed by atoms with Gasteiger partial charge in [-0.15, -0.1) is 0 Å². The van der Waals surface area contributed by atoms with Crippen molar-refractivity contribution in [1.29, 1.82) is 0 Å². The second-order valence-corrected chi connectivity index (χ2v) is 3.27. The maximum Gasteiger partial charge on any atom is 0.323 e. The molecule has 0 aliphatic rings. The number of esters is 1. The van der Waals surface area contributed by atoms with Gasteiger partial charge in [0.05, 0.1) is 6.61 Å². The lowest BCUT2D eigenvalue weighted by atomic mass is 10.1. The Labute approximate surface area is 96.2 Å². The topological polar surface area (TPSA) is 67.4 Å². The molecule has 0 aromatic heterocycles. The van der Waals surface area contributed by atoms with Crippen molar-refractivity contribution in [1.82, 2.24) is 10.6 Å². The van der Waals surface area contributed by atoms with Gasteiger partial charge in [-0.25, -0.2) is 0 Å². The normalized spacial score (nSPS) is 12.4. The van der Waals surface area contributed by atoms with Gasteiger partial charge < -0.3 is 15.4 Å². The van der Waals surface area contributed by atoms with Gasteiger partial charge in [-0.3, -0.25) is 9.59 Å². The Morgan fingerprint density at radius 1 is 1.44 bits per heavy atom. The zero-order valence-electron chi connectivity index (χ0n) is 10.1. The van der Waals surface area contributed by atoms with E-state index < -0.39 is 0 Å². The highest BCUT2D eigenvalue weighted by Gasteiger charge is 2.15. The van der Waals surface area contributed by atoms with Gasteiger partial charge in [0.25, 0.3) is 0 Å². The highest BCUT2D eigenvalue weighted by atomic mass is 16.5. The zero-order chi connectivity index (χ0) is 12.4. The van der Waals surface area contributed by atoms with E-state index in [2.05, 4.69) is 10.6 Å². The summed E-state index contributed by atoms with van der Waals surface area (Å²) in [6.45, 7) is 3.61. The van der Waals surface area contributed by atoms with Crippen LogP contribution < -0.4 is 10.6 Å². The molecule has 5 heteroatoms. The molecule has 5 nitrogen and oxygen atoms in total. The van der Waals surface area contributed by atoms with Gasteiger partial charge in [-0.2, -0.15) is 0 Å². The molecule has 0 spiro atoms. The molecule has 1 atom stereocenters. The molecule has 0 rings (SSSR count). The van der Waals surface area contributed by atoms with Crippen LogP contribution in [0.3, 0.4) is 0 Å². The van der Waals surface area contributed by atoms with Crippen LogP contribution in [0.15, 0.2) is 12.3 Å². The van der Waals surface area contributed by atoms with Gasteiger partial charge in [0.2, 0.25) is 5.91 Å². The minimum atomic E-state index is -0.290. The summed E-state index contributed by atoms with van der Waals surface area (Å²) in [4.78, 5) is 21.9. The van der Waals surface area contributed by atoms with E-state index in [0.717, 1.165) is 0 Å². The number of carbonyl (C=O) groups is 2. The lowest BCUT2D eigenvalue weighted by Gasteiger charge is -2.13. The molecular weight excluding hydrogens is 208 g/mol. The lowest BCUT2D eigenvalue weighted by Crippen LogP contribution is -2.35. The predicted molar refractivity (Wildman–Crippen MR) is 61.7 cm³/mol. The summed E-state index contributed by atoms with van der Waals surface area (Å²) in [6.07, 6.45) is 4.74. The van der Waals surface area contributed by atoms with Crippen LogP contribution in [0.2, 0.25) is 0 Å². The summed E-state index contributed by atoms with van der Waals surface area (Å²) >= 11 is 0. The van der Waals surface area contributed by atoms with E-state index in [1.165, 1.54) is 6.92 Å². The molecule has 16 heavy (non-hydrogen) atoms. The number of rotatable bonds is 7. The first-order valence-electron chi connectivity index (χ1n) is 5.37. The van der Waals surface area contributed by atoms with E-state index in [9.17, 15) is 9.59 Å². The minimum Gasteiger partial charge on any atom is -0.465 e. The molecule has 0 aliphatic carbocycles. The summed E-state index contributed by atoms with van der Waals surface area (Å²) < 4.78 is 4.89.